The van der Waals surface area contributed by atoms with Gasteiger partial charge in [-0.2, -0.15) is 0 Å². The smallest absolute Gasteiger partial charge is 0.297 e. The van der Waals surface area contributed by atoms with Gasteiger partial charge in [-0.15, -0.1) is 5.10 Å². The molecule has 0 amide bonds. The molecule has 100 valence electrons. The van der Waals surface area contributed by atoms with Crippen LogP contribution < -0.4 is 0 Å². The molecule has 0 aliphatic heterocycles. The summed E-state index contributed by atoms with van der Waals surface area (Å²) < 4.78 is 14.2. The number of aromatic nitrogens is 3. The lowest BCUT2D eigenvalue weighted by atomic mass is 10.2. The van der Waals surface area contributed by atoms with Crippen molar-refractivity contribution >= 4 is 5.69 Å². The minimum atomic E-state index is -0.684. The molecule has 0 aliphatic carbocycles. The van der Waals surface area contributed by atoms with E-state index < -0.39 is 10.7 Å². The van der Waals surface area contributed by atoms with Crippen LogP contribution in [0.2, 0.25) is 0 Å². The van der Waals surface area contributed by atoms with Crippen LogP contribution >= 0.6 is 0 Å². The van der Waals surface area contributed by atoms with Gasteiger partial charge in [0.1, 0.15) is 11.5 Å². The molecular formula is C11H11FN4O3. The van der Waals surface area contributed by atoms with Crippen molar-refractivity contribution in [2.24, 2.45) is 0 Å². The highest BCUT2D eigenvalue weighted by molar-refractivity contribution is 5.51. The van der Waals surface area contributed by atoms with E-state index in [2.05, 4.69) is 10.3 Å². The van der Waals surface area contributed by atoms with E-state index in [0.29, 0.717) is 18.5 Å². The van der Waals surface area contributed by atoms with Gasteiger partial charge in [0.2, 0.25) is 0 Å². The maximum atomic E-state index is 13.0. The van der Waals surface area contributed by atoms with Gasteiger partial charge in [0.05, 0.1) is 22.9 Å². The van der Waals surface area contributed by atoms with Gasteiger partial charge < -0.3 is 5.11 Å². The number of hydrogen-bond donors (Lipinski definition) is 1. The van der Waals surface area contributed by atoms with E-state index in [1.54, 1.807) is 0 Å². The largest absolute Gasteiger partial charge is 0.396 e. The van der Waals surface area contributed by atoms with Gasteiger partial charge in [-0.05, 0) is 25.0 Å². The fourth-order valence-electron chi connectivity index (χ4n) is 1.63. The molecular weight excluding hydrogens is 255 g/mol. The molecule has 1 aromatic heterocycles. The third-order valence-corrected chi connectivity index (χ3v) is 2.51. The molecule has 1 N–H and O–H groups in total. The van der Waals surface area contributed by atoms with Gasteiger partial charge in [0.15, 0.2) is 0 Å². The minimum Gasteiger partial charge on any atom is -0.396 e. The van der Waals surface area contributed by atoms with Gasteiger partial charge in [0.25, 0.3) is 5.69 Å². The molecule has 0 fully saturated rings. The first-order valence-corrected chi connectivity index (χ1v) is 5.58. The summed E-state index contributed by atoms with van der Waals surface area (Å²) in [6.45, 7) is 0.0313. The third kappa shape index (κ3) is 2.91. The summed E-state index contributed by atoms with van der Waals surface area (Å²) in [5, 5.41) is 27.2. The Hall–Kier alpha value is -2.35. The van der Waals surface area contributed by atoms with Gasteiger partial charge in [-0.25, -0.2) is 9.07 Å². The van der Waals surface area contributed by atoms with E-state index in [-0.39, 0.29) is 18.0 Å². The normalized spacial score (nSPS) is 10.6. The van der Waals surface area contributed by atoms with Crippen LogP contribution in [0.5, 0.6) is 0 Å². The summed E-state index contributed by atoms with van der Waals surface area (Å²) in [6.07, 6.45) is 2.57. The van der Waals surface area contributed by atoms with Crippen molar-refractivity contribution in [2.45, 2.75) is 12.8 Å². The van der Waals surface area contributed by atoms with Crippen LogP contribution in [0.15, 0.2) is 24.4 Å². The van der Waals surface area contributed by atoms with Gasteiger partial charge in [-0.1, -0.05) is 5.21 Å². The van der Waals surface area contributed by atoms with Crippen molar-refractivity contribution in [3.05, 3.63) is 46.0 Å². The first-order valence-electron chi connectivity index (χ1n) is 5.58. The maximum absolute atomic E-state index is 13.0. The second-order valence-electron chi connectivity index (χ2n) is 3.87. The summed E-state index contributed by atoms with van der Waals surface area (Å²) in [6, 6.07) is 3.24. The SMILES string of the molecule is O=[N+]([O-])c1cc(F)ccc1-n1cc(CCCO)nn1. The lowest BCUT2D eigenvalue weighted by Crippen LogP contribution is -2.01. The molecule has 0 spiro atoms. The van der Waals surface area contributed by atoms with Crippen LogP contribution in [0, 0.1) is 15.9 Å². The van der Waals surface area contributed by atoms with Crippen molar-refractivity contribution in [3.8, 4) is 5.69 Å². The topological polar surface area (TPSA) is 94.1 Å². The molecule has 0 saturated carbocycles. The highest BCUT2D eigenvalue weighted by Gasteiger charge is 2.17. The number of nitro benzene ring substituents is 1. The number of aliphatic hydroxyl groups excluding tert-OH is 1. The molecule has 8 heteroatoms. The second-order valence-corrected chi connectivity index (χ2v) is 3.87. The van der Waals surface area contributed by atoms with Gasteiger partial charge in [0, 0.05) is 6.61 Å². The molecule has 0 bridgehead atoms. The number of hydrogen-bond acceptors (Lipinski definition) is 5. The molecule has 0 unspecified atom stereocenters. The van der Waals surface area contributed by atoms with Crippen LogP contribution in [0.3, 0.4) is 0 Å². The number of nitro groups is 1. The lowest BCUT2D eigenvalue weighted by Gasteiger charge is -2.01. The zero-order chi connectivity index (χ0) is 13.8. The zero-order valence-corrected chi connectivity index (χ0v) is 9.86. The molecule has 0 aliphatic rings. The predicted molar refractivity (Wildman–Crippen MR) is 63.4 cm³/mol. The van der Waals surface area contributed by atoms with E-state index >= 15 is 0 Å². The molecule has 7 nitrogen and oxygen atoms in total. The second kappa shape index (κ2) is 5.53. The zero-order valence-electron chi connectivity index (χ0n) is 9.86. The van der Waals surface area contributed by atoms with Crippen molar-refractivity contribution in [1.29, 1.82) is 0 Å². The standard InChI is InChI=1S/C11H11FN4O3/c12-8-3-4-10(11(6-8)16(18)19)15-7-9(13-14-15)2-1-5-17/h3-4,6-7,17H,1-2,5H2. The van der Waals surface area contributed by atoms with Crippen LogP contribution in [0.4, 0.5) is 10.1 Å². The number of aliphatic hydroxyl groups is 1. The molecule has 19 heavy (non-hydrogen) atoms. The van der Waals surface area contributed by atoms with Crippen LogP contribution in [-0.4, -0.2) is 31.6 Å². The predicted octanol–water partition coefficient (Wildman–Crippen LogP) is 1.24. The van der Waals surface area contributed by atoms with Crippen molar-refractivity contribution in [2.75, 3.05) is 6.61 Å². The van der Waals surface area contributed by atoms with E-state index in [1.807, 2.05) is 0 Å². The Bertz CT molecular complexity index is 599. The number of nitrogens with zero attached hydrogens (tertiary/aromatic N) is 4. The summed E-state index contributed by atoms with van der Waals surface area (Å²) in [4.78, 5) is 10.2. The molecule has 1 aromatic carbocycles. The Morgan fingerprint density at radius 1 is 1.47 bits per heavy atom. The lowest BCUT2D eigenvalue weighted by molar-refractivity contribution is -0.384. The van der Waals surface area contributed by atoms with Crippen LogP contribution in [-0.2, 0) is 6.42 Å². The van der Waals surface area contributed by atoms with Crippen molar-refractivity contribution in [1.82, 2.24) is 15.0 Å². The summed E-state index contributed by atoms with van der Waals surface area (Å²) >= 11 is 0. The number of rotatable bonds is 5. The third-order valence-electron chi connectivity index (χ3n) is 2.51. The molecule has 0 atom stereocenters. The molecule has 2 aromatic rings. The molecule has 1 heterocycles. The first-order chi connectivity index (χ1) is 9.11. The van der Waals surface area contributed by atoms with E-state index in [4.69, 9.17) is 5.11 Å². The summed E-state index contributed by atoms with van der Waals surface area (Å²) in [5.41, 5.74) is 0.375. The first kappa shape index (κ1) is 13.1. The van der Waals surface area contributed by atoms with E-state index in [9.17, 15) is 14.5 Å². The highest BCUT2D eigenvalue weighted by atomic mass is 19.1. The van der Waals surface area contributed by atoms with E-state index in [0.717, 1.165) is 12.1 Å². The Labute approximate surface area is 107 Å². The fourth-order valence-corrected chi connectivity index (χ4v) is 1.63. The Morgan fingerprint density at radius 3 is 2.95 bits per heavy atom. The summed E-state index contributed by atoms with van der Waals surface area (Å²) in [5.74, 6) is -0.684. The molecule has 0 radical (unpaired) electrons. The Kier molecular flexibility index (Phi) is 3.81. The average Bonchev–Trinajstić information content (AvgIpc) is 2.84. The summed E-state index contributed by atoms with van der Waals surface area (Å²) in [7, 11) is 0. The minimum absolute atomic E-state index is 0.0313. The van der Waals surface area contributed by atoms with Crippen LogP contribution in [0.25, 0.3) is 5.69 Å². The van der Waals surface area contributed by atoms with Crippen LogP contribution in [0.1, 0.15) is 12.1 Å². The monoisotopic (exact) mass is 266 g/mol. The van der Waals surface area contributed by atoms with Crippen molar-refractivity contribution in [3.63, 3.8) is 0 Å². The maximum Gasteiger partial charge on any atom is 0.297 e. The Balaban J connectivity index is 2.36. The number of aryl methyl sites for hydroxylation is 1. The quantitative estimate of drug-likeness (QED) is 0.649. The fraction of sp³-hybridized carbons (Fsp3) is 0.273. The van der Waals surface area contributed by atoms with E-state index in [1.165, 1.54) is 16.9 Å². The Morgan fingerprint density at radius 2 is 2.26 bits per heavy atom. The number of benzene rings is 1. The van der Waals surface area contributed by atoms with Crippen molar-refractivity contribution < 1.29 is 14.4 Å². The number of halogens is 1. The van der Waals surface area contributed by atoms with Gasteiger partial charge in [-0.3, -0.25) is 10.1 Å². The highest BCUT2D eigenvalue weighted by Crippen LogP contribution is 2.23. The van der Waals surface area contributed by atoms with Gasteiger partial charge >= 0.3 is 0 Å². The molecule has 0 saturated heterocycles. The molecule has 2 rings (SSSR count). The average molecular weight is 266 g/mol.